The van der Waals surface area contributed by atoms with E-state index < -0.39 is 20.2 Å². The highest BCUT2D eigenvalue weighted by molar-refractivity contribution is 7.24. The summed E-state index contributed by atoms with van der Waals surface area (Å²) >= 11 is 0. The maximum Gasteiger partial charge on any atom is 0.471 e. The van der Waals surface area contributed by atoms with Crippen LogP contribution in [-0.2, 0) is 23.2 Å². The largest absolute Gasteiger partial charge is 0.471 e. The summed E-state index contributed by atoms with van der Waals surface area (Å²) in [6, 6.07) is 0. The lowest BCUT2D eigenvalue weighted by Crippen LogP contribution is -2.18. The standard InChI is InChI=1S/C7H11O5P/c1-4-6(12-13(9)10)11-7(8)5(2)3/h6H,2,4H2,1,3H3. The Hall–Kier alpha value is -0.930. The highest BCUT2D eigenvalue weighted by Gasteiger charge is 2.15. The van der Waals surface area contributed by atoms with Crippen molar-refractivity contribution in [2.45, 2.75) is 26.6 Å². The number of ether oxygens (including phenoxy) is 1. The Bertz CT molecular complexity index is 260. The van der Waals surface area contributed by atoms with E-state index in [0.29, 0.717) is 0 Å². The molecule has 0 aromatic heterocycles. The molecule has 74 valence electrons. The van der Waals surface area contributed by atoms with Crippen molar-refractivity contribution in [1.29, 1.82) is 0 Å². The van der Waals surface area contributed by atoms with Crippen LogP contribution in [0.4, 0.5) is 0 Å². The second-order valence-electron chi connectivity index (χ2n) is 2.35. The highest BCUT2D eigenvalue weighted by atomic mass is 31.1. The predicted octanol–water partition coefficient (Wildman–Crippen LogP) is 1.95. The van der Waals surface area contributed by atoms with Gasteiger partial charge < -0.3 is 4.74 Å². The summed E-state index contributed by atoms with van der Waals surface area (Å²) < 4.78 is 29.2. The van der Waals surface area contributed by atoms with Gasteiger partial charge in [-0.05, 0) is 6.92 Å². The third-order valence-corrected chi connectivity index (χ3v) is 1.53. The summed E-state index contributed by atoms with van der Waals surface area (Å²) in [6.07, 6.45) is -0.784. The minimum absolute atomic E-state index is 0.197. The molecular formula is C7H11O5P. The van der Waals surface area contributed by atoms with Gasteiger partial charge in [-0.3, -0.25) is 0 Å². The summed E-state index contributed by atoms with van der Waals surface area (Å²) in [4.78, 5) is 10.9. The maximum atomic E-state index is 10.9. The van der Waals surface area contributed by atoms with Crippen LogP contribution < -0.4 is 0 Å². The van der Waals surface area contributed by atoms with E-state index >= 15 is 0 Å². The second-order valence-corrected chi connectivity index (χ2v) is 3.01. The molecule has 0 aliphatic rings. The Kier molecular flexibility index (Phi) is 5.26. The van der Waals surface area contributed by atoms with Crippen molar-refractivity contribution in [1.82, 2.24) is 0 Å². The smallest absolute Gasteiger partial charge is 0.431 e. The van der Waals surface area contributed by atoms with Gasteiger partial charge in [-0.1, -0.05) is 13.5 Å². The molecule has 1 atom stereocenters. The van der Waals surface area contributed by atoms with Crippen LogP contribution in [0.3, 0.4) is 0 Å². The van der Waals surface area contributed by atoms with Gasteiger partial charge in [0.05, 0.1) is 0 Å². The van der Waals surface area contributed by atoms with E-state index in [4.69, 9.17) is 0 Å². The molecule has 0 radical (unpaired) electrons. The van der Waals surface area contributed by atoms with Gasteiger partial charge >= 0.3 is 13.9 Å². The Morgan fingerprint density at radius 3 is 2.38 bits per heavy atom. The van der Waals surface area contributed by atoms with Gasteiger partial charge in [-0.15, -0.1) is 0 Å². The van der Waals surface area contributed by atoms with Crippen LogP contribution in [0.1, 0.15) is 20.3 Å². The maximum absolute atomic E-state index is 10.9. The fraction of sp³-hybridized carbons (Fsp3) is 0.571. The van der Waals surface area contributed by atoms with Crippen LogP contribution in [0.5, 0.6) is 0 Å². The molecule has 0 aliphatic heterocycles. The van der Waals surface area contributed by atoms with Gasteiger partial charge in [0.15, 0.2) is 0 Å². The van der Waals surface area contributed by atoms with Gasteiger partial charge in [-0.2, -0.15) is 0 Å². The third-order valence-electron chi connectivity index (χ3n) is 1.12. The molecule has 0 spiro atoms. The molecule has 5 nitrogen and oxygen atoms in total. The summed E-state index contributed by atoms with van der Waals surface area (Å²) in [5.41, 5.74) is 0.197. The van der Waals surface area contributed by atoms with Gasteiger partial charge in [0, 0.05) is 12.0 Å². The van der Waals surface area contributed by atoms with Crippen molar-refractivity contribution in [3.05, 3.63) is 12.2 Å². The molecule has 0 amide bonds. The lowest BCUT2D eigenvalue weighted by atomic mass is 10.3. The molecular weight excluding hydrogens is 195 g/mol. The number of carbonyl (C=O) groups excluding carboxylic acids is 1. The molecule has 0 saturated carbocycles. The average Bonchev–Trinajstić information content (AvgIpc) is 2.02. The Morgan fingerprint density at radius 1 is 1.54 bits per heavy atom. The fourth-order valence-corrected chi connectivity index (χ4v) is 0.879. The SMILES string of the molecule is C=C(C)C(=O)OC(CC)OP(=O)=O. The monoisotopic (exact) mass is 206 g/mol. The first-order chi connectivity index (χ1) is 5.97. The molecule has 1 unspecified atom stereocenters. The normalized spacial score (nSPS) is 11.8. The van der Waals surface area contributed by atoms with E-state index in [9.17, 15) is 13.9 Å². The van der Waals surface area contributed by atoms with Crippen molar-refractivity contribution >= 4 is 13.9 Å². The van der Waals surface area contributed by atoms with Crippen molar-refractivity contribution in [3.63, 3.8) is 0 Å². The zero-order valence-electron chi connectivity index (χ0n) is 7.48. The second kappa shape index (κ2) is 5.67. The first kappa shape index (κ1) is 12.1. The molecule has 0 heterocycles. The van der Waals surface area contributed by atoms with Crippen LogP contribution in [0.2, 0.25) is 0 Å². The minimum Gasteiger partial charge on any atom is -0.431 e. The predicted molar refractivity (Wildman–Crippen MR) is 44.4 cm³/mol. The fourth-order valence-electron chi connectivity index (χ4n) is 0.495. The summed E-state index contributed by atoms with van der Waals surface area (Å²) in [5, 5.41) is 0. The van der Waals surface area contributed by atoms with Gasteiger partial charge in [-0.25, -0.2) is 18.4 Å². The van der Waals surface area contributed by atoms with Crippen LogP contribution in [0, 0.1) is 0 Å². The minimum atomic E-state index is -3.00. The van der Waals surface area contributed by atoms with Crippen molar-refractivity contribution in [3.8, 4) is 0 Å². The van der Waals surface area contributed by atoms with E-state index in [0.717, 1.165) is 0 Å². The molecule has 0 rings (SSSR count). The average molecular weight is 206 g/mol. The first-order valence-corrected chi connectivity index (χ1v) is 4.74. The van der Waals surface area contributed by atoms with E-state index in [2.05, 4.69) is 15.8 Å². The number of carbonyl (C=O) groups is 1. The Labute approximate surface area is 76.6 Å². The number of hydrogen-bond acceptors (Lipinski definition) is 5. The van der Waals surface area contributed by atoms with Crippen LogP contribution in [0.25, 0.3) is 0 Å². The van der Waals surface area contributed by atoms with Crippen molar-refractivity contribution < 1.29 is 23.2 Å². The molecule has 0 saturated heterocycles. The van der Waals surface area contributed by atoms with Crippen molar-refractivity contribution in [2.24, 2.45) is 0 Å². The van der Waals surface area contributed by atoms with Crippen LogP contribution >= 0.6 is 7.91 Å². The molecule has 13 heavy (non-hydrogen) atoms. The van der Waals surface area contributed by atoms with Crippen LogP contribution in [-0.4, -0.2) is 12.3 Å². The van der Waals surface area contributed by atoms with Gasteiger partial charge in [0.1, 0.15) is 0 Å². The molecule has 0 N–H and O–H groups in total. The molecule has 0 aromatic carbocycles. The molecule has 0 bridgehead atoms. The number of hydrogen-bond donors (Lipinski definition) is 0. The van der Waals surface area contributed by atoms with Crippen LogP contribution in [0.15, 0.2) is 12.2 Å². The molecule has 6 heteroatoms. The topological polar surface area (TPSA) is 69.7 Å². The van der Waals surface area contributed by atoms with E-state index in [1.165, 1.54) is 6.92 Å². The summed E-state index contributed by atoms with van der Waals surface area (Å²) in [6.45, 7) is 6.44. The third kappa shape index (κ3) is 5.33. The van der Waals surface area contributed by atoms with Gasteiger partial charge in [0.25, 0.3) is 0 Å². The number of esters is 1. The van der Waals surface area contributed by atoms with E-state index in [1.807, 2.05) is 0 Å². The Balaban J connectivity index is 4.12. The van der Waals surface area contributed by atoms with Gasteiger partial charge in [0.2, 0.25) is 6.29 Å². The highest BCUT2D eigenvalue weighted by Crippen LogP contribution is 2.14. The summed E-state index contributed by atoms with van der Waals surface area (Å²) in [7, 11) is -3.00. The summed E-state index contributed by atoms with van der Waals surface area (Å²) in [5.74, 6) is -0.663. The lowest BCUT2D eigenvalue weighted by molar-refractivity contribution is -0.158. The number of rotatable bonds is 5. The van der Waals surface area contributed by atoms with Crippen molar-refractivity contribution in [2.75, 3.05) is 0 Å². The van der Waals surface area contributed by atoms with E-state index in [-0.39, 0.29) is 12.0 Å². The first-order valence-electron chi connectivity index (χ1n) is 3.65. The molecule has 0 fully saturated rings. The molecule has 0 aliphatic carbocycles. The van der Waals surface area contributed by atoms with E-state index in [1.54, 1.807) is 6.92 Å². The zero-order chi connectivity index (χ0) is 10.4. The molecule has 0 aromatic rings. The Morgan fingerprint density at radius 2 is 2.08 bits per heavy atom. The lowest BCUT2D eigenvalue weighted by Gasteiger charge is -2.11. The zero-order valence-corrected chi connectivity index (χ0v) is 8.37. The quantitative estimate of drug-likeness (QED) is 0.297.